The summed E-state index contributed by atoms with van der Waals surface area (Å²) in [6, 6.07) is 9.26. The Labute approximate surface area is 237 Å². The van der Waals surface area contributed by atoms with Gasteiger partial charge < -0.3 is 9.72 Å². The van der Waals surface area contributed by atoms with Crippen molar-refractivity contribution in [1.82, 2.24) is 34.0 Å². The molecule has 0 aliphatic carbocycles. The summed E-state index contributed by atoms with van der Waals surface area (Å²) in [6.45, 7) is 7.18. The van der Waals surface area contributed by atoms with Gasteiger partial charge in [-0.15, -0.1) is 0 Å². The Morgan fingerprint density at radius 3 is 2.65 bits per heavy atom. The molecular formula is C28H30ClN7O3S. The van der Waals surface area contributed by atoms with E-state index in [2.05, 4.69) is 20.1 Å². The fraction of sp³-hybridized carbons (Fsp3) is 0.357. The van der Waals surface area contributed by atoms with Gasteiger partial charge in [-0.1, -0.05) is 11.6 Å². The number of sulfonamides is 1. The summed E-state index contributed by atoms with van der Waals surface area (Å²) in [5.74, 6) is 2.31. The van der Waals surface area contributed by atoms with Gasteiger partial charge in [0.1, 0.15) is 27.9 Å². The van der Waals surface area contributed by atoms with Crippen LogP contribution in [0.5, 0.6) is 11.5 Å². The SMILES string of the molecule is Cc1nc2ccc(Oc3ccc4ncc(-c5cnn(CC6CCN(S(=O)(=O)C(C)C)CC6)c5)nc4c3Cl)cc2[nH]1. The zero-order valence-corrected chi connectivity index (χ0v) is 24.1. The van der Waals surface area contributed by atoms with E-state index < -0.39 is 15.3 Å². The maximum atomic E-state index is 12.5. The number of nitrogens with one attached hydrogen (secondary N) is 1. The molecule has 3 aromatic heterocycles. The number of aryl methyl sites for hydroxylation is 1. The van der Waals surface area contributed by atoms with Gasteiger partial charge in [-0.05, 0) is 63.8 Å². The smallest absolute Gasteiger partial charge is 0.216 e. The van der Waals surface area contributed by atoms with Crippen LogP contribution in [0.4, 0.5) is 0 Å². The molecule has 0 radical (unpaired) electrons. The van der Waals surface area contributed by atoms with Crippen molar-refractivity contribution in [3.05, 3.63) is 59.8 Å². The van der Waals surface area contributed by atoms with E-state index in [1.165, 1.54) is 0 Å². The number of piperidine rings is 1. The van der Waals surface area contributed by atoms with Crippen molar-refractivity contribution in [3.63, 3.8) is 0 Å². The molecule has 1 saturated heterocycles. The quantitative estimate of drug-likeness (QED) is 0.267. The van der Waals surface area contributed by atoms with E-state index in [4.69, 9.17) is 21.3 Å². The molecule has 1 fully saturated rings. The van der Waals surface area contributed by atoms with Crippen LogP contribution in [0.25, 0.3) is 33.3 Å². The van der Waals surface area contributed by atoms with Crippen molar-refractivity contribution < 1.29 is 13.2 Å². The van der Waals surface area contributed by atoms with E-state index in [0.717, 1.165) is 41.8 Å². The van der Waals surface area contributed by atoms with E-state index in [0.29, 0.717) is 52.3 Å². The summed E-state index contributed by atoms with van der Waals surface area (Å²) in [7, 11) is -3.21. The van der Waals surface area contributed by atoms with Crippen LogP contribution in [0.1, 0.15) is 32.5 Å². The fourth-order valence-corrected chi connectivity index (χ4v) is 6.61. The van der Waals surface area contributed by atoms with E-state index in [9.17, 15) is 8.42 Å². The number of hydrogen-bond acceptors (Lipinski definition) is 7. The second-order valence-electron chi connectivity index (χ2n) is 10.5. The van der Waals surface area contributed by atoms with Crippen LogP contribution in [-0.4, -0.2) is 60.8 Å². The molecule has 1 N–H and O–H groups in total. The summed E-state index contributed by atoms with van der Waals surface area (Å²) >= 11 is 6.76. The molecule has 12 heteroatoms. The lowest BCUT2D eigenvalue weighted by atomic mass is 9.98. The van der Waals surface area contributed by atoms with Crippen LogP contribution in [0.15, 0.2) is 48.9 Å². The van der Waals surface area contributed by atoms with Gasteiger partial charge in [0.2, 0.25) is 10.0 Å². The number of halogens is 1. The Morgan fingerprint density at radius 1 is 1.10 bits per heavy atom. The molecule has 1 aliphatic heterocycles. The first-order valence-corrected chi connectivity index (χ1v) is 15.2. The first kappa shape index (κ1) is 26.7. The molecule has 40 heavy (non-hydrogen) atoms. The Morgan fingerprint density at radius 2 is 1.88 bits per heavy atom. The lowest BCUT2D eigenvalue weighted by molar-refractivity contribution is 0.246. The first-order valence-electron chi connectivity index (χ1n) is 13.3. The number of ether oxygens (including phenoxy) is 1. The highest BCUT2D eigenvalue weighted by Gasteiger charge is 2.30. The highest BCUT2D eigenvalue weighted by atomic mass is 35.5. The van der Waals surface area contributed by atoms with Crippen molar-refractivity contribution in [1.29, 1.82) is 0 Å². The summed E-state index contributed by atoms with van der Waals surface area (Å²) in [5.41, 5.74) is 4.45. The number of benzene rings is 2. The van der Waals surface area contributed by atoms with Crippen LogP contribution in [0.3, 0.4) is 0 Å². The first-order chi connectivity index (χ1) is 19.2. The zero-order chi connectivity index (χ0) is 28.0. The van der Waals surface area contributed by atoms with Crippen LogP contribution >= 0.6 is 11.6 Å². The van der Waals surface area contributed by atoms with Crippen LogP contribution in [0.2, 0.25) is 5.02 Å². The third-order valence-electron chi connectivity index (χ3n) is 7.32. The molecule has 0 amide bonds. The van der Waals surface area contributed by atoms with E-state index in [-0.39, 0.29) is 0 Å². The fourth-order valence-electron chi connectivity index (χ4n) is 5.06. The summed E-state index contributed by atoms with van der Waals surface area (Å²) < 4.78 is 34.5. The standard InChI is InChI=1S/C28H30ClN7O3S/c1-17(2)40(37,38)36-10-8-19(9-11-36)15-35-16-20(13-31-35)25-14-30-23-6-7-26(27(29)28(23)34-25)39-21-4-5-22-24(12-21)33-18(3)32-22/h4-7,12-14,16-17,19H,8-11,15H2,1-3H3,(H,32,33). The molecule has 0 atom stereocenters. The molecule has 208 valence electrons. The van der Waals surface area contributed by atoms with Gasteiger partial charge in [-0.2, -0.15) is 5.10 Å². The lowest BCUT2D eigenvalue weighted by Crippen LogP contribution is -2.42. The average molecular weight is 580 g/mol. The van der Waals surface area contributed by atoms with Crippen LogP contribution in [-0.2, 0) is 16.6 Å². The number of rotatable bonds is 7. The summed E-state index contributed by atoms with van der Waals surface area (Å²) in [6.07, 6.45) is 7.04. The molecule has 4 heterocycles. The number of nitrogens with zero attached hydrogens (tertiary/aromatic N) is 6. The molecule has 0 unspecified atom stereocenters. The Kier molecular flexibility index (Phi) is 6.97. The largest absolute Gasteiger partial charge is 0.456 e. The molecule has 6 rings (SSSR count). The number of H-pyrrole nitrogens is 1. The maximum absolute atomic E-state index is 12.5. The molecular weight excluding hydrogens is 550 g/mol. The highest BCUT2D eigenvalue weighted by molar-refractivity contribution is 7.89. The molecule has 0 bridgehead atoms. The minimum absolute atomic E-state index is 0.355. The van der Waals surface area contributed by atoms with E-state index in [1.807, 2.05) is 42.1 Å². The van der Waals surface area contributed by atoms with Crippen LogP contribution in [0, 0.1) is 12.8 Å². The number of hydrogen-bond donors (Lipinski definition) is 1. The molecule has 5 aromatic rings. The van der Waals surface area contributed by atoms with Gasteiger partial charge in [0, 0.05) is 37.5 Å². The van der Waals surface area contributed by atoms with Gasteiger partial charge in [-0.3, -0.25) is 9.67 Å². The Bertz CT molecular complexity index is 1810. The molecule has 0 spiro atoms. The maximum Gasteiger partial charge on any atom is 0.216 e. The molecule has 0 saturated carbocycles. The van der Waals surface area contributed by atoms with E-state index in [1.54, 1.807) is 36.6 Å². The average Bonchev–Trinajstić information content (AvgIpc) is 3.55. The van der Waals surface area contributed by atoms with Gasteiger partial charge in [-0.25, -0.2) is 22.7 Å². The number of aromatic amines is 1. The predicted octanol–water partition coefficient (Wildman–Crippen LogP) is 5.57. The number of imidazole rings is 1. The topological polar surface area (TPSA) is 119 Å². The van der Waals surface area contributed by atoms with E-state index >= 15 is 0 Å². The zero-order valence-electron chi connectivity index (χ0n) is 22.5. The third kappa shape index (κ3) is 5.16. The van der Waals surface area contributed by atoms with Crippen molar-refractivity contribution in [2.45, 2.75) is 45.4 Å². The normalized spacial score (nSPS) is 15.4. The second-order valence-corrected chi connectivity index (χ2v) is 13.4. The number of fused-ring (bicyclic) bond motifs is 2. The summed E-state index contributed by atoms with van der Waals surface area (Å²) in [4.78, 5) is 17.0. The van der Waals surface area contributed by atoms with Crippen molar-refractivity contribution >= 4 is 43.7 Å². The molecule has 10 nitrogen and oxygen atoms in total. The Hall–Kier alpha value is -3.54. The minimum atomic E-state index is -3.21. The van der Waals surface area contributed by atoms with Gasteiger partial charge in [0.15, 0.2) is 0 Å². The van der Waals surface area contributed by atoms with Gasteiger partial charge >= 0.3 is 0 Å². The van der Waals surface area contributed by atoms with Crippen molar-refractivity contribution in [3.8, 4) is 22.8 Å². The lowest BCUT2D eigenvalue weighted by Gasteiger charge is -2.32. The van der Waals surface area contributed by atoms with Crippen molar-refractivity contribution in [2.24, 2.45) is 5.92 Å². The predicted molar refractivity (Wildman–Crippen MR) is 155 cm³/mol. The molecule has 2 aromatic carbocycles. The highest BCUT2D eigenvalue weighted by Crippen LogP contribution is 2.35. The number of aromatic nitrogens is 6. The summed E-state index contributed by atoms with van der Waals surface area (Å²) in [5, 5.41) is 4.52. The Balaban J connectivity index is 1.18. The van der Waals surface area contributed by atoms with Gasteiger partial charge in [0.05, 0.1) is 39.9 Å². The van der Waals surface area contributed by atoms with Crippen molar-refractivity contribution in [2.75, 3.05) is 13.1 Å². The van der Waals surface area contributed by atoms with Crippen LogP contribution < -0.4 is 4.74 Å². The monoisotopic (exact) mass is 579 g/mol. The molecule has 1 aliphatic rings. The second kappa shape index (κ2) is 10.5. The third-order valence-corrected chi connectivity index (χ3v) is 9.96. The minimum Gasteiger partial charge on any atom is -0.456 e. The van der Waals surface area contributed by atoms with Gasteiger partial charge in [0.25, 0.3) is 0 Å².